The number of piperazine rings is 1. The van der Waals surface area contributed by atoms with E-state index in [4.69, 9.17) is 24.2 Å². The maximum Gasteiger partial charge on any atom is 0.339 e. The Hall–Kier alpha value is -5.31. The smallest absolute Gasteiger partial charge is 0.339 e. The number of carbonyl (C=O) groups is 2. The third-order valence-corrected chi connectivity index (χ3v) is 11.6. The zero-order valence-electron chi connectivity index (χ0n) is 32.7. The molecule has 0 amide bonds. The summed E-state index contributed by atoms with van der Waals surface area (Å²) in [5.74, 6) is -3.48. The molecule has 0 radical (unpaired) electrons. The monoisotopic (exact) mass is 830 g/mol. The number of hydrogen-bond donors (Lipinski definition) is 0. The van der Waals surface area contributed by atoms with Crippen LogP contribution in [0, 0.1) is 28.8 Å². The molecule has 0 unspecified atom stereocenters. The van der Waals surface area contributed by atoms with Crippen molar-refractivity contribution in [2.24, 2.45) is 0 Å². The zero-order chi connectivity index (χ0) is 41.8. The third-order valence-electron chi connectivity index (χ3n) is 10.1. The third kappa shape index (κ3) is 11.7. The number of carbonyl (C=O) groups excluding carboxylic acids is 2. The van der Waals surface area contributed by atoms with Crippen molar-refractivity contribution in [2.75, 3.05) is 53.0 Å². The van der Waals surface area contributed by atoms with Crippen LogP contribution in [0.1, 0.15) is 46.0 Å². The van der Waals surface area contributed by atoms with E-state index in [9.17, 15) is 18.4 Å². The van der Waals surface area contributed by atoms with Gasteiger partial charge in [-0.2, -0.15) is 10.4 Å². The second kappa shape index (κ2) is 20.6. The molecule has 2 fully saturated rings. The van der Waals surface area contributed by atoms with Crippen LogP contribution in [0.4, 0.5) is 13.2 Å². The lowest BCUT2D eigenvalue weighted by Gasteiger charge is -2.40. The summed E-state index contributed by atoms with van der Waals surface area (Å²) in [6.07, 6.45) is 8.70. The fraction of sp³-hybridized carbons (Fsp3) is 0.372. The molecule has 59 heavy (non-hydrogen) atoms. The molecule has 3 heterocycles. The molecule has 4 aromatic rings. The normalized spacial score (nSPS) is 19.3. The van der Waals surface area contributed by atoms with E-state index in [1.807, 2.05) is 6.07 Å². The molecule has 310 valence electrons. The van der Waals surface area contributed by atoms with Crippen LogP contribution in [0.3, 0.4) is 0 Å². The number of hydrogen-bond acceptors (Lipinski definition) is 12. The van der Waals surface area contributed by atoms with Gasteiger partial charge in [0, 0.05) is 60.7 Å². The van der Waals surface area contributed by atoms with Crippen molar-refractivity contribution in [2.45, 2.75) is 48.9 Å². The Morgan fingerprint density at radius 3 is 2.53 bits per heavy atom. The number of nitriles is 1. The SMILES string of the molecule is C[C@@H](S[C@H]1CO[C@H](/C=C/C=C/c2ccc(C#N)cc2F)OC1)[C@@](Cn1cncn1)(OC(=O)c1ccccc1COC(=O)CCN1CCN(C)CC1)c1ccc(F)cc1F. The Labute approximate surface area is 345 Å². The highest BCUT2D eigenvalue weighted by molar-refractivity contribution is 8.00. The lowest BCUT2D eigenvalue weighted by Crippen LogP contribution is -2.47. The summed E-state index contributed by atoms with van der Waals surface area (Å²) in [6, 6.07) is 15.8. The second-order valence-electron chi connectivity index (χ2n) is 14.2. The number of likely N-dealkylation sites (N-methyl/N-ethyl adjacent to an activating group) is 1. The average molecular weight is 831 g/mol. The molecule has 12 nitrogen and oxygen atoms in total. The molecule has 2 atom stereocenters. The minimum absolute atomic E-state index is 0.0838. The summed E-state index contributed by atoms with van der Waals surface area (Å²) < 4.78 is 70.0. The fourth-order valence-corrected chi connectivity index (χ4v) is 8.10. The van der Waals surface area contributed by atoms with Gasteiger partial charge in [-0.05, 0) is 50.4 Å². The van der Waals surface area contributed by atoms with Gasteiger partial charge in [-0.25, -0.2) is 27.6 Å². The van der Waals surface area contributed by atoms with Crippen molar-refractivity contribution >= 4 is 29.8 Å². The van der Waals surface area contributed by atoms with Gasteiger partial charge in [0.1, 0.15) is 36.7 Å². The summed E-state index contributed by atoms with van der Waals surface area (Å²) in [5, 5.41) is 12.2. The summed E-state index contributed by atoms with van der Waals surface area (Å²) >= 11 is 1.33. The Morgan fingerprint density at radius 2 is 1.81 bits per heavy atom. The van der Waals surface area contributed by atoms with Gasteiger partial charge in [0.25, 0.3) is 0 Å². The number of aromatic nitrogens is 3. The lowest BCUT2D eigenvalue weighted by atomic mass is 9.89. The Kier molecular flexibility index (Phi) is 15.1. The van der Waals surface area contributed by atoms with Crippen molar-refractivity contribution in [1.82, 2.24) is 24.6 Å². The Balaban J connectivity index is 1.17. The molecule has 16 heteroatoms. The van der Waals surface area contributed by atoms with Gasteiger partial charge >= 0.3 is 11.9 Å². The van der Waals surface area contributed by atoms with Crippen molar-refractivity contribution < 1.29 is 41.7 Å². The maximum absolute atomic E-state index is 16.0. The molecule has 2 saturated heterocycles. The van der Waals surface area contributed by atoms with Crippen LogP contribution in [0.2, 0.25) is 0 Å². The predicted molar refractivity (Wildman–Crippen MR) is 214 cm³/mol. The molecule has 3 aromatic carbocycles. The number of benzene rings is 3. The molecule has 1 aromatic heterocycles. The summed E-state index contributed by atoms with van der Waals surface area (Å²) in [4.78, 5) is 35.6. The fourth-order valence-electron chi connectivity index (χ4n) is 6.74. The summed E-state index contributed by atoms with van der Waals surface area (Å²) in [5.41, 5.74) is -0.829. The molecule has 0 saturated carbocycles. The number of halogens is 3. The Morgan fingerprint density at radius 1 is 1.03 bits per heavy atom. The van der Waals surface area contributed by atoms with E-state index >= 15 is 4.39 Å². The predicted octanol–water partition coefficient (Wildman–Crippen LogP) is 6.13. The molecule has 2 aliphatic heterocycles. The molecular formula is C43H45F3N6O6S. The number of thioether (sulfide) groups is 1. The maximum atomic E-state index is 16.0. The number of rotatable bonds is 16. The number of ether oxygens (including phenoxy) is 4. The van der Waals surface area contributed by atoms with Gasteiger partial charge in [0.05, 0.1) is 48.6 Å². The van der Waals surface area contributed by atoms with Crippen LogP contribution in [-0.4, -0.2) is 106 Å². The first-order chi connectivity index (χ1) is 28.5. The van der Waals surface area contributed by atoms with Gasteiger partial charge in [-0.1, -0.05) is 42.5 Å². The second-order valence-corrected chi connectivity index (χ2v) is 15.9. The summed E-state index contributed by atoms with van der Waals surface area (Å²) in [7, 11) is 2.06. The lowest BCUT2D eigenvalue weighted by molar-refractivity contribution is -0.146. The van der Waals surface area contributed by atoms with E-state index in [2.05, 4.69) is 26.9 Å². The topological polar surface area (TPSA) is 132 Å². The average Bonchev–Trinajstić information content (AvgIpc) is 3.75. The number of nitrogens with zero attached hydrogens (tertiary/aromatic N) is 6. The molecule has 2 aliphatic rings. The largest absolute Gasteiger partial charge is 0.461 e. The minimum atomic E-state index is -1.79. The first kappa shape index (κ1) is 43.3. The highest BCUT2D eigenvalue weighted by atomic mass is 32.2. The quantitative estimate of drug-likeness (QED) is 0.0951. The minimum Gasteiger partial charge on any atom is -0.461 e. The zero-order valence-corrected chi connectivity index (χ0v) is 33.5. The Bertz CT molecular complexity index is 2150. The number of allylic oxidation sites excluding steroid dienone is 2. The van der Waals surface area contributed by atoms with Crippen LogP contribution in [-0.2, 0) is 42.5 Å². The molecule has 6 rings (SSSR count). The van der Waals surface area contributed by atoms with E-state index in [0.29, 0.717) is 17.7 Å². The standard InChI is InChI=1S/C43H45F3N6O6S/c1-30(59-35-25-56-41(57-26-35)10-6-4-7-32-12-11-31(23-47)21-38(32)45)43(27-52-29-48-28-49-52,37-14-13-34(44)22-39(37)46)58-42(54)36-9-5-3-8-33(36)24-55-40(53)15-16-51-19-17-50(2)18-20-51/h3-14,21-22,28-30,35,41H,15-20,24-27H2,1-2H3/b7-4+,10-6+/t30-,35-,41-,43-/m1/s1. The molecule has 0 bridgehead atoms. The van der Waals surface area contributed by atoms with E-state index in [1.54, 1.807) is 55.5 Å². The van der Waals surface area contributed by atoms with Crippen LogP contribution in [0.15, 0.2) is 91.5 Å². The van der Waals surface area contributed by atoms with E-state index in [0.717, 1.165) is 44.4 Å². The first-order valence-corrected chi connectivity index (χ1v) is 20.1. The van der Waals surface area contributed by atoms with Gasteiger partial charge < -0.3 is 28.7 Å². The molecule has 0 N–H and O–H groups in total. The van der Waals surface area contributed by atoms with Crippen LogP contribution in [0.5, 0.6) is 0 Å². The molecular weight excluding hydrogens is 786 g/mol. The van der Waals surface area contributed by atoms with Gasteiger partial charge in [0.15, 0.2) is 11.9 Å². The van der Waals surface area contributed by atoms with Crippen LogP contribution < -0.4 is 0 Å². The highest BCUT2D eigenvalue weighted by Crippen LogP contribution is 2.42. The van der Waals surface area contributed by atoms with Gasteiger partial charge in [-0.15, -0.1) is 11.8 Å². The van der Waals surface area contributed by atoms with Gasteiger partial charge in [-0.3, -0.25) is 4.79 Å². The number of esters is 2. The van der Waals surface area contributed by atoms with Crippen LogP contribution in [0.25, 0.3) is 6.08 Å². The molecule has 0 spiro atoms. The van der Waals surface area contributed by atoms with E-state index in [-0.39, 0.29) is 54.7 Å². The van der Waals surface area contributed by atoms with E-state index in [1.165, 1.54) is 47.3 Å². The van der Waals surface area contributed by atoms with Crippen molar-refractivity contribution in [1.29, 1.82) is 5.26 Å². The first-order valence-electron chi connectivity index (χ1n) is 19.1. The van der Waals surface area contributed by atoms with E-state index < -0.39 is 46.5 Å². The van der Waals surface area contributed by atoms with Crippen molar-refractivity contribution in [3.8, 4) is 6.07 Å². The molecule has 0 aliphatic carbocycles. The van der Waals surface area contributed by atoms with Crippen molar-refractivity contribution in [3.05, 3.63) is 137 Å². The van der Waals surface area contributed by atoms with Gasteiger partial charge in [0.2, 0.25) is 0 Å². The summed E-state index contributed by atoms with van der Waals surface area (Å²) in [6.45, 7) is 5.95. The highest BCUT2D eigenvalue weighted by Gasteiger charge is 2.47. The van der Waals surface area contributed by atoms with Crippen LogP contribution >= 0.6 is 11.8 Å². The van der Waals surface area contributed by atoms with Crippen molar-refractivity contribution in [3.63, 3.8) is 0 Å².